The number of amides is 2. The van der Waals surface area contributed by atoms with E-state index in [1.165, 1.54) is 12.1 Å². The van der Waals surface area contributed by atoms with Crippen molar-refractivity contribution < 1.29 is 23.5 Å². The van der Waals surface area contributed by atoms with E-state index in [2.05, 4.69) is 0 Å². The zero-order chi connectivity index (χ0) is 23.4. The van der Waals surface area contributed by atoms with Crippen molar-refractivity contribution in [3.05, 3.63) is 105 Å². The lowest BCUT2D eigenvalue weighted by Crippen LogP contribution is -2.33. The van der Waals surface area contributed by atoms with Crippen molar-refractivity contribution in [3.63, 3.8) is 0 Å². The van der Waals surface area contributed by atoms with Gasteiger partial charge in [0.25, 0.3) is 11.1 Å². The molecule has 0 radical (unpaired) electrons. The van der Waals surface area contributed by atoms with Crippen LogP contribution in [0.25, 0.3) is 6.08 Å². The highest BCUT2D eigenvalue weighted by atomic mass is 35.5. The quantitative estimate of drug-likeness (QED) is 0.307. The summed E-state index contributed by atoms with van der Waals surface area (Å²) in [5.74, 6) is -0.554. The van der Waals surface area contributed by atoms with E-state index in [9.17, 15) is 18.8 Å². The summed E-state index contributed by atoms with van der Waals surface area (Å²) in [6.07, 6.45) is 1.60. The van der Waals surface area contributed by atoms with Gasteiger partial charge in [0.05, 0.1) is 11.4 Å². The number of carbonyl (C=O) groups is 3. The van der Waals surface area contributed by atoms with Crippen LogP contribution < -0.4 is 4.74 Å². The number of imide groups is 1. The number of ketones is 1. The van der Waals surface area contributed by atoms with Crippen LogP contribution in [0.2, 0.25) is 5.02 Å². The van der Waals surface area contributed by atoms with Crippen LogP contribution in [0.15, 0.2) is 77.7 Å². The minimum absolute atomic E-state index is 0.240. The molecule has 0 unspecified atom stereocenters. The van der Waals surface area contributed by atoms with Gasteiger partial charge < -0.3 is 4.74 Å². The van der Waals surface area contributed by atoms with Gasteiger partial charge >= 0.3 is 0 Å². The first kappa shape index (κ1) is 22.8. The highest BCUT2D eigenvalue weighted by Gasteiger charge is 2.36. The molecule has 1 heterocycles. The molecule has 0 bridgehead atoms. The van der Waals surface area contributed by atoms with Crippen molar-refractivity contribution in [3.8, 4) is 5.75 Å². The van der Waals surface area contributed by atoms with Gasteiger partial charge in [0.15, 0.2) is 5.78 Å². The Hall–Kier alpha value is -3.42. The fourth-order valence-corrected chi connectivity index (χ4v) is 4.03. The number of thioether (sulfide) groups is 1. The molecule has 1 aliphatic heterocycles. The van der Waals surface area contributed by atoms with Gasteiger partial charge in [-0.25, -0.2) is 4.39 Å². The van der Waals surface area contributed by atoms with Crippen molar-refractivity contribution in [1.29, 1.82) is 0 Å². The highest BCUT2D eigenvalue weighted by molar-refractivity contribution is 8.18. The largest absolute Gasteiger partial charge is 0.489 e. The molecule has 0 atom stereocenters. The van der Waals surface area contributed by atoms with Crippen LogP contribution in [0.5, 0.6) is 5.75 Å². The normalized spacial score (nSPS) is 14.7. The second-order valence-corrected chi connectivity index (χ2v) is 8.61. The number of carbonyl (C=O) groups excluding carboxylic acids is 3. The van der Waals surface area contributed by atoms with E-state index < -0.39 is 11.1 Å². The molecule has 0 N–H and O–H groups in total. The zero-order valence-corrected chi connectivity index (χ0v) is 18.7. The summed E-state index contributed by atoms with van der Waals surface area (Å²) < 4.78 is 18.7. The Labute approximate surface area is 198 Å². The summed E-state index contributed by atoms with van der Waals surface area (Å²) >= 11 is 6.62. The molecule has 2 amide bonds. The molecule has 0 saturated carbocycles. The summed E-state index contributed by atoms with van der Waals surface area (Å²) in [6.45, 7) is -0.0417. The predicted octanol–water partition coefficient (Wildman–Crippen LogP) is 5.98. The van der Waals surface area contributed by atoms with Gasteiger partial charge in [-0.2, -0.15) is 0 Å². The minimum Gasteiger partial charge on any atom is -0.489 e. The van der Waals surface area contributed by atoms with Gasteiger partial charge in [-0.05, 0) is 77.5 Å². The van der Waals surface area contributed by atoms with Crippen molar-refractivity contribution in [1.82, 2.24) is 4.90 Å². The fraction of sp³-hybridized carbons (Fsp3) is 0.0800. The van der Waals surface area contributed by atoms with Gasteiger partial charge in [0, 0.05) is 10.6 Å². The Morgan fingerprint density at radius 2 is 1.64 bits per heavy atom. The van der Waals surface area contributed by atoms with Gasteiger partial charge in [0.2, 0.25) is 0 Å². The molecule has 0 aliphatic carbocycles. The molecule has 3 aromatic rings. The van der Waals surface area contributed by atoms with E-state index in [1.807, 2.05) is 0 Å². The van der Waals surface area contributed by atoms with Crippen LogP contribution in [-0.2, 0) is 11.4 Å². The summed E-state index contributed by atoms with van der Waals surface area (Å²) in [7, 11) is 0. The molecule has 0 aromatic heterocycles. The first-order chi connectivity index (χ1) is 15.9. The maximum Gasteiger partial charge on any atom is 0.293 e. The smallest absolute Gasteiger partial charge is 0.293 e. The van der Waals surface area contributed by atoms with E-state index in [0.29, 0.717) is 28.5 Å². The Morgan fingerprint density at radius 3 is 2.30 bits per heavy atom. The summed E-state index contributed by atoms with van der Waals surface area (Å²) in [6, 6.07) is 19.3. The summed E-state index contributed by atoms with van der Waals surface area (Å²) in [4.78, 5) is 38.6. The van der Waals surface area contributed by atoms with Crippen molar-refractivity contribution >= 4 is 46.4 Å². The third-order valence-electron chi connectivity index (χ3n) is 4.84. The molecule has 0 spiro atoms. The van der Waals surface area contributed by atoms with Crippen molar-refractivity contribution in [2.75, 3.05) is 6.54 Å². The molecular weight excluding hydrogens is 465 g/mol. The van der Waals surface area contributed by atoms with Gasteiger partial charge in [-0.1, -0.05) is 35.9 Å². The van der Waals surface area contributed by atoms with E-state index in [0.717, 1.165) is 22.2 Å². The van der Waals surface area contributed by atoms with Crippen LogP contribution in [0.4, 0.5) is 9.18 Å². The zero-order valence-electron chi connectivity index (χ0n) is 17.2. The van der Waals surface area contributed by atoms with E-state index in [1.54, 1.807) is 66.7 Å². The molecule has 8 heteroatoms. The molecule has 33 heavy (non-hydrogen) atoms. The maximum atomic E-state index is 13.0. The second kappa shape index (κ2) is 10.0. The predicted molar refractivity (Wildman–Crippen MR) is 126 cm³/mol. The van der Waals surface area contributed by atoms with Crippen LogP contribution in [-0.4, -0.2) is 28.4 Å². The fourth-order valence-electron chi connectivity index (χ4n) is 3.07. The average Bonchev–Trinajstić information content (AvgIpc) is 3.07. The maximum absolute atomic E-state index is 13.0. The number of hydrogen-bond donors (Lipinski definition) is 0. The second-order valence-electron chi connectivity index (χ2n) is 7.18. The lowest BCUT2D eigenvalue weighted by molar-refractivity contribution is -0.122. The Morgan fingerprint density at radius 1 is 0.970 bits per heavy atom. The number of rotatable bonds is 7. The first-order valence-corrected chi connectivity index (χ1v) is 11.1. The molecule has 3 aromatic carbocycles. The number of halogens is 2. The number of Topliss-reactive ketones (excluding diaryl/α,β-unsaturated/α-hetero) is 1. The van der Waals surface area contributed by atoms with Gasteiger partial charge in [-0.15, -0.1) is 0 Å². The third-order valence-corrected chi connectivity index (χ3v) is 6.00. The Balaban J connectivity index is 1.38. The Kier molecular flexibility index (Phi) is 6.91. The average molecular weight is 482 g/mol. The number of benzene rings is 3. The lowest BCUT2D eigenvalue weighted by atomic mass is 10.1. The van der Waals surface area contributed by atoms with Crippen LogP contribution >= 0.6 is 23.4 Å². The number of ether oxygens (including phenoxy) is 1. The molecule has 4 rings (SSSR count). The Bertz CT molecular complexity index is 1220. The highest BCUT2D eigenvalue weighted by Crippen LogP contribution is 2.32. The standard InChI is InChI=1S/C25H17ClFNO4S/c26-19-7-5-18(6-8-19)22(29)14-28-24(30)23(33-25(28)31)13-16-3-11-21(12-4-16)32-15-17-1-9-20(27)10-2-17/h1-13H,14-15H2/b23-13-. The van der Waals surface area contributed by atoms with Crippen LogP contribution in [0.3, 0.4) is 0 Å². The SMILES string of the molecule is O=C(CN1C(=O)S/C(=C\c2ccc(OCc3ccc(F)cc3)cc2)C1=O)c1ccc(Cl)cc1. The molecule has 166 valence electrons. The monoisotopic (exact) mass is 481 g/mol. The molecule has 1 saturated heterocycles. The first-order valence-electron chi connectivity index (χ1n) is 9.90. The molecule has 1 fully saturated rings. The van der Waals surface area contributed by atoms with Crippen molar-refractivity contribution in [2.24, 2.45) is 0 Å². The number of hydrogen-bond acceptors (Lipinski definition) is 5. The van der Waals surface area contributed by atoms with Gasteiger partial charge in [0.1, 0.15) is 18.2 Å². The summed E-state index contributed by atoms with van der Waals surface area (Å²) in [5, 5.41) is 0.000314. The number of nitrogens with zero attached hydrogens (tertiary/aromatic N) is 1. The van der Waals surface area contributed by atoms with E-state index >= 15 is 0 Å². The lowest BCUT2D eigenvalue weighted by Gasteiger charge is -2.11. The van der Waals surface area contributed by atoms with Crippen molar-refractivity contribution in [2.45, 2.75) is 6.61 Å². The van der Waals surface area contributed by atoms with E-state index in [4.69, 9.17) is 16.3 Å². The molecular formula is C25H17ClFNO4S. The topological polar surface area (TPSA) is 63.7 Å². The molecule has 1 aliphatic rings. The van der Waals surface area contributed by atoms with Crippen LogP contribution in [0.1, 0.15) is 21.5 Å². The van der Waals surface area contributed by atoms with Crippen LogP contribution in [0, 0.1) is 5.82 Å². The van der Waals surface area contributed by atoms with E-state index in [-0.39, 0.29) is 23.1 Å². The summed E-state index contributed by atoms with van der Waals surface area (Å²) in [5.41, 5.74) is 1.92. The van der Waals surface area contributed by atoms with Gasteiger partial charge in [-0.3, -0.25) is 19.3 Å². The third kappa shape index (κ3) is 5.69. The molecule has 5 nitrogen and oxygen atoms in total. The minimum atomic E-state index is -0.510.